The average molecular weight is 273 g/mol. The predicted octanol–water partition coefficient (Wildman–Crippen LogP) is 3.28. The molecule has 0 spiro atoms. The lowest BCUT2D eigenvalue weighted by Gasteiger charge is -2.02. The van der Waals surface area contributed by atoms with E-state index in [9.17, 15) is 8.78 Å². The van der Waals surface area contributed by atoms with Gasteiger partial charge in [0.05, 0.1) is 16.6 Å². The van der Waals surface area contributed by atoms with E-state index in [1.807, 2.05) is 18.2 Å². The summed E-state index contributed by atoms with van der Waals surface area (Å²) in [6.07, 6.45) is 0. The summed E-state index contributed by atoms with van der Waals surface area (Å²) in [7, 11) is 0. The number of aromatic nitrogens is 2. The molecule has 3 N–H and O–H groups in total. The fraction of sp³-hybridized carbons (Fsp3) is 0.133. The molecule has 3 rings (SSSR count). The van der Waals surface area contributed by atoms with Gasteiger partial charge in [0.1, 0.15) is 17.5 Å². The summed E-state index contributed by atoms with van der Waals surface area (Å²) in [5, 5.41) is 0. The molecule has 0 bridgehead atoms. The molecule has 2 aromatic carbocycles. The molecule has 0 fully saturated rings. The maximum atomic E-state index is 13.9. The van der Waals surface area contributed by atoms with Crippen molar-refractivity contribution < 1.29 is 8.78 Å². The van der Waals surface area contributed by atoms with Gasteiger partial charge < -0.3 is 10.7 Å². The Morgan fingerprint density at radius 1 is 1.20 bits per heavy atom. The average Bonchev–Trinajstić information content (AvgIpc) is 2.86. The van der Waals surface area contributed by atoms with Gasteiger partial charge in [0.2, 0.25) is 0 Å². The van der Waals surface area contributed by atoms with Crippen molar-refractivity contribution in [2.45, 2.75) is 13.5 Å². The summed E-state index contributed by atoms with van der Waals surface area (Å²) in [5.74, 6) is -0.826. The van der Waals surface area contributed by atoms with Crippen molar-refractivity contribution in [2.75, 3.05) is 0 Å². The number of halogens is 2. The first kappa shape index (κ1) is 12.7. The number of aromatic amines is 1. The van der Waals surface area contributed by atoms with E-state index >= 15 is 0 Å². The number of H-pyrrole nitrogens is 1. The maximum Gasteiger partial charge on any atom is 0.141 e. The van der Waals surface area contributed by atoms with Crippen LogP contribution in [0.3, 0.4) is 0 Å². The fourth-order valence-electron chi connectivity index (χ4n) is 2.22. The summed E-state index contributed by atoms with van der Waals surface area (Å²) in [5.41, 5.74) is 8.66. The first-order chi connectivity index (χ1) is 9.60. The number of aryl methyl sites for hydroxylation is 1. The number of para-hydroxylation sites is 1. The molecule has 3 aromatic rings. The van der Waals surface area contributed by atoms with Gasteiger partial charge in [-0.05, 0) is 30.2 Å². The molecule has 0 aliphatic heterocycles. The second kappa shape index (κ2) is 4.68. The molecule has 1 aromatic heterocycles. The highest BCUT2D eigenvalue weighted by Gasteiger charge is 2.14. The van der Waals surface area contributed by atoms with Gasteiger partial charge in [0.15, 0.2) is 0 Å². The second-order valence-electron chi connectivity index (χ2n) is 4.68. The van der Waals surface area contributed by atoms with Crippen LogP contribution >= 0.6 is 0 Å². The molecule has 0 saturated carbocycles. The van der Waals surface area contributed by atoms with Crippen LogP contribution in [0.2, 0.25) is 0 Å². The van der Waals surface area contributed by atoms with Gasteiger partial charge in [0.25, 0.3) is 0 Å². The van der Waals surface area contributed by atoms with Crippen molar-refractivity contribution in [1.29, 1.82) is 0 Å². The first-order valence-corrected chi connectivity index (χ1v) is 6.24. The van der Waals surface area contributed by atoms with E-state index in [-0.39, 0.29) is 5.56 Å². The summed E-state index contributed by atoms with van der Waals surface area (Å²) in [4.78, 5) is 7.43. The third kappa shape index (κ3) is 1.96. The Bertz CT molecular complexity index is 793. The Hall–Kier alpha value is -2.27. The Labute approximate surface area is 114 Å². The number of hydrogen-bond donors (Lipinski definition) is 2. The largest absolute Gasteiger partial charge is 0.338 e. The molecular formula is C15H13F2N3. The third-order valence-corrected chi connectivity index (χ3v) is 3.32. The molecule has 3 nitrogen and oxygen atoms in total. The molecule has 102 valence electrons. The van der Waals surface area contributed by atoms with E-state index in [1.165, 1.54) is 6.07 Å². The van der Waals surface area contributed by atoms with Crippen LogP contribution < -0.4 is 5.73 Å². The number of rotatable bonds is 2. The zero-order chi connectivity index (χ0) is 14.3. The van der Waals surface area contributed by atoms with Crippen LogP contribution in [0.15, 0.2) is 30.3 Å². The molecule has 0 unspecified atom stereocenters. The van der Waals surface area contributed by atoms with Crippen molar-refractivity contribution in [1.82, 2.24) is 9.97 Å². The number of fused-ring (bicyclic) bond motifs is 1. The number of nitrogens with two attached hydrogens (primary N) is 1. The minimum absolute atomic E-state index is 0.253. The molecule has 0 atom stereocenters. The van der Waals surface area contributed by atoms with Crippen molar-refractivity contribution >= 4 is 11.0 Å². The highest BCUT2D eigenvalue weighted by Crippen LogP contribution is 2.26. The van der Waals surface area contributed by atoms with Crippen molar-refractivity contribution in [3.05, 3.63) is 53.1 Å². The predicted molar refractivity (Wildman–Crippen MR) is 74.1 cm³/mol. The zero-order valence-electron chi connectivity index (χ0n) is 10.9. The van der Waals surface area contributed by atoms with Gasteiger partial charge in [-0.2, -0.15) is 0 Å². The Kier molecular flexibility index (Phi) is 2.99. The fourth-order valence-corrected chi connectivity index (χ4v) is 2.22. The Balaban J connectivity index is 2.23. The molecule has 0 saturated heterocycles. The maximum absolute atomic E-state index is 13.9. The first-order valence-electron chi connectivity index (χ1n) is 6.24. The van der Waals surface area contributed by atoms with E-state index in [4.69, 9.17) is 5.73 Å². The smallest absolute Gasteiger partial charge is 0.141 e. The standard InChI is InChI=1S/C15H13F2N3/c1-8-5-10(12(17)6-11(8)16)15-19-13-4-2-3-9(7-18)14(13)20-15/h2-6H,7,18H2,1H3,(H,19,20). The van der Waals surface area contributed by atoms with Crippen LogP contribution in [-0.4, -0.2) is 9.97 Å². The minimum Gasteiger partial charge on any atom is -0.338 e. The number of hydrogen-bond acceptors (Lipinski definition) is 2. The van der Waals surface area contributed by atoms with Gasteiger partial charge in [-0.1, -0.05) is 12.1 Å². The molecule has 0 radical (unpaired) electrons. The number of benzene rings is 2. The van der Waals surface area contributed by atoms with E-state index in [0.29, 0.717) is 23.4 Å². The van der Waals surface area contributed by atoms with E-state index in [1.54, 1.807) is 6.92 Å². The summed E-state index contributed by atoms with van der Waals surface area (Å²) >= 11 is 0. The van der Waals surface area contributed by atoms with Gasteiger partial charge >= 0.3 is 0 Å². The van der Waals surface area contributed by atoms with Crippen molar-refractivity contribution in [3.63, 3.8) is 0 Å². The van der Waals surface area contributed by atoms with Crippen LogP contribution in [0, 0.1) is 18.6 Å². The highest BCUT2D eigenvalue weighted by atomic mass is 19.1. The van der Waals surface area contributed by atoms with Gasteiger partial charge in [-0.3, -0.25) is 0 Å². The van der Waals surface area contributed by atoms with Gasteiger partial charge in [-0.15, -0.1) is 0 Å². The van der Waals surface area contributed by atoms with Crippen LogP contribution in [0.1, 0.15) is 11.1 Å². The monoisotopic (exact) mass is 273 g/mol. The van der Waals surface area contributed by atoms with E-state index in [0.717, 1.165) is 17.1 Å². The molecule has 1 heterocycles. The van der Waals surface area contributed by atoms with Crippen molar-refractivity contribution in [2.24, 2.45) is 5.73 Å². The number of nitrogens with zero attached hydrogens (tertiary/aromatic N) is 1. The van der Waals surface area contributed by atoms with E-state index in [2.05, 4.69) is 9.97 Å². The van der Waals surface area contributed by atoms with Crippen LogP contribution in [0.5, 0.6) is 0 Å². The lowest BCUT2D eigenvalue weighted by Crippen LogP contribution is -1.96. The molecule has 5 heteroatoms. The van der Waals surface area contributed by atoms with Crippen molar-refractivity contribution in [3.8, 4) is 11.4 Å². The quantitative estimate of drug-likeness (QED) is 0.753. The third-order valence-electron chi connectivity index (χ3n) is 3.32. The normalized spacial score (nSPS) is 11.2. The molecule has 20 heavy (non-hydrogen) atoms. The zero-order valence-corrected chi connectivity index (χ0v) is 10.9. The lowest BCUT2D eigenvalue weighted by molar-refractivity contribution is 0.579. The SMILES string of the molecule is Cc1cc(-c2nc3c(CN)cccc3[nH]2)c(F)cc1F. The highest BCUT2D eigenvalue weighted by molar-refractivity contribution is 5.82. The molecule has 0 aliphatic carbocycles. The van der Waals surface area contributed by atoms with Gasteiger partial charge in [-0.25, -0.2) is 13.8 Å². The summed E-state index contributed by atoms with van der Waals surface area (Å²) < 4.78 is 27.2. The lowest BCUT2D eigenvalue weighted by atomic mass is 10.1. The minimum atomic E-state index is -0.638. The van der Waals surface area contributed by atoms with E-state index < -0.39 is 11.6 Å². The van der Waals surface area contributed by atoms with Crippen LogP contribution in [0.4, 0.5) is 8.78 Å². The Morgan fingerprint density at radius 3 is 2.75 bits per heavy atom. The second-order valence-corrected chi connectivity index (χ2v) is 4.68. The molecular weight excluding hydrogens is 260 g/mol. The summed E-state index contributed by atoms with van der Waals surface area (Å²) in [6.45, 7) is 1.94. The summed E-state index contributed by atoms with van der Waals surface area (Å²) in [6, 6.07) is 7.91. The molecule has 0 aliphatic rings. The van der Waals surface area contributed by atoms with Crippen LogP contribution in [-0.2, 0) is 6.54 Å². The van der Waals surface area contributed by atoms with Crippen LogP contribution in [0.25, 0.3) is 22.4 Å². The molecule has 0 amide bonds. The van der Waals surface area contributed by atoms with Gasteiger partial charge in [0, 0.05) is 12.6 Å². The number of imidazole rings is 1. The number of nitrogens with one attached hydrogen (secondary N) is 1. The Morgan fingerprint density at radius 2 is 2.00 bits per heavy atom. The topological polar surface area (TPSA) is 54.7 Å².